The highest BCUT2D eigenvalue weighted by molar-refractivity contribution is 9.09. The first-order chi connectivity index (χ1) is 10.8. The second kappa shape index (κ2) is 6.90. The number of hydrogen-bond acceptors (Lipinski definition) is 3. The Labute approximate surface area is 137 Å². The molecular formula is C18H16BrNO2. The van der Waals surface area contributed by atoms with Crippen LogP contribution in [0.1, 0.15) is 17.2 Å². The van der Waals surface area contributed by atoms with Crippen LogP contribution >= 0.6 is 15.9 Å². The summed E-state index contributed by atoms with van der Waals surface area (Å²) in [7, 11) is 0. The molecule has 0 unspecified atom stereocenters. The maximum atomic E-state index is 10.1. The van der Waals surface area contributed by atoms with Gasteiger partial charge in [0, 0.05) is 16.9 Å². The molecule has 1 heterocycles. The van der Waals surface area contributed by atoms with E-state index in [0.29, 0.717) is 11.9 Å². The van der Waals surface area contributed by atoms with Gasteiger partial charge < -0.3 is 9.84 Å². The number of pyridine rings is 1. The first kappa shape index (κ1) is 15.0. The Morgan fingerprint density at radius 2 is 1.86 bits per heavy atom. The molecule has 0 aliphatic heterocycles. The number of hydrogen-bond donors (Lipinski definition) is 1. The zero-order chi connectivity index (χ0) is 15.4. The average molecular weight is 358 g/mol. The number of alkyl halides is 1. The lowest BCUT2D eigenvalue weighted by molar-refractivity contribution is 0.207. The lowest BCUT2D eigenvalue weighted by Gasteiger charge is -2.14. The molecule has 0 fully saturated rings. The van der Waals surface area contributed by atoms with Gasteiger partial charge >= 0.3 is 0 Å². The maximum Gasteiger partial charge on any atom is 0.146 e. The predicted molar refractivity (Wildman–Crippen MR) is 91.3 cm³/mol. The summed E-state index contributed by atoms with van der Waals surface area (Å²) in [6.07, 6.45) is 1.18. The predicted octanol–water partition coefficient (Wildman–Crippen LogP) is 4.24. The van der Waals surface area contributed by atoms with Gasteiger partial charge in [0.2, 0.25) is 0 Å². The molecule has 3 nitrogen and oxygen atoms in total. The second-order valence-electron chi connectivity index (χ2n) is 5.00. The number of rotatable bonds is 5. The van der Waals surface area contributed by atoms with Crippen molar-refractivity contribution in [2.75, 3.05) is 5.33 Å². The largest absolute Gasteiger partial charge is 0.487 e. The third-order valence-electron chi connectivity index (χ3n) is 3.51. The molecule has 0 saturated carbocycles. The van der Waals surface area contributed by atoms with Crippen LogP contribution in [0.25, 0.3) is 10.9 Å². The quantitative estimate of drug-likeness (QED) is 0.694. The van der Waals surface area contributed by atoms with Gasteiger partial charge in [-0.05, 0) is 23.3 Å². The van der Waals surface area contributed by atoms with Crippen molar-refractivity contribution in [2.45, 2.75) is 12.7 Å². The summed E-state index contributed by atoms with van der Waals surface area (Å²) < 4.78 is 5.92. The van der Waals surface area contributed by atoms with Crippen LogP contribution in [0.15, 0.2) is 60.8 Å². The smallest absolute Gasteiger partial charge is 0.146 e. The summed E-state index contributed by atoms with van der Waals surface area (Å²) in [6, 6.07) is 17.6. The first-order valence-corrected chi connectivity index (χ1v) is 8.20. The fourth-order valence-corrected chi connectivity index (χ4v) is 2.74. The Hall–Kier alpha value is -1.91. The maximum absolute atomic E-state index is 10.1. The molecule has 0 amide bonds. The fourth-order valence-electron chi connectivity index (χ4n) is 2.39. The lowest BCUT2D eigenvalue weighted by Crippen LogP contribution is -2.02. The average Bonchev–Trinajstić information content (AvgIpc) is 2.60. The van der Waals surface area contributed by atoms with Gasteiger partial charge in [-0.25, -0.2) is 0 Å². The molecule has 3 rings (SSSR count). The van der Waals surface area contributed by atoms with Crippen LogP contribution < -0.4 is 4.74 Å². The van der Waals surface area contributed by atoms with Gasteiger partial charge in [0.1, 0.15) is 17.9 Å². The van der Waals surface area contributed by atoms with Crippen LogP contribution in [0, 0.1) is 0 Å². The number of fused-ring (bicyclic) bond motifs is 1. The Kier molecular flexibility index (Phi) is 4.71. The number of aliphatic hydroxyl groups is 1. The lowest BCUT2D eigenvalue weighted by atomic mass is 10.0. The third-order valence-corrected chi connectivity index (χ3v) is 4.12. The molecule has 3 aromatic rings. The number of ether oxygens (including phenoxy) is 1. The molecule has 0 aliphatic carbocycles. The minimum absolute atomic E-state index is 0.487. The van der Waals surface area contributed by atoms with Gasteiger partial charge in [0.25, 0.3) is 0 Å². The molecule has 0 radical (unpaired) electrons. The fraction of sp³-hybridized carbons (Fsp3) is 0.167. The van der Waals surface area contributed by atoms with Crippen molar-refractivity contribution in [1.29, 1.82) is 0 Å². The topological polar surface area (TPSA) is 42.4 Å². The van der Waals surface area contributed by atoms with E-state index in [1.807, 2.05) is 54.6 Å². The van der Waals surface area contributed by atoms with Crippen molar-refractivity contribution < 1.29 is 9.84 Å². The van der Waals surface area contributed by atoms with Crippen molar-refractivity contribution in [3.63, 3.8) is 0 Å². The molecule has 4 heteroatoms. The third kappa shape index (κ3) is 3.13. The number of aromatic nitrogens is 1. The molecule has 112 valence electrons. The van der Waals surface area contributed by atoms with E-state index in [9.17, 15) is 5.11 Å². The summed E-state index contributed by atoms with van der Waals surface area (Å²) in [5.74, 6) is 0.727. The number of benzene rings is 2. The molecule has 1 aromatic heterocycles. The summed E-state index contributed by atoms with van der Waals surface area (Å²) in [5.41, 5.74) is 2.74. The summed E-state index contributed by atoms with van der Waals surface area (Å²) >= 11 is 3.32. The SMILES string of the molecule is O[C@@H](CBr)c1ccc(OCc2ccccc2)c2ncccc12. The van der Waals surface area contributed by atoms with E-state index in [2.05, 4.69) is 20.9 Å². The molecule has 0 spiro atoms. The normalized spacial score (nSPS) is 12.3. The van der Waals surface area contributed by atoms with Crippen molar-refractivity contribution in [3.8, 4) is 5.75 Å². The van der Waals surface area contributed by atoms with Crippen LogP contribution in [0.2, 0.25) is 0 Å². The minimum atomic E-state index is -0.560. The highest BCUT2D eigenvalue weighted by atomic mass is 79.9. The van der Waals surface area contributed by atoms with Crippen LogP contribution in [0.5, 0.6) is 5.75 Å². The van der Waals surface area contributed by atoms with Crippen LogP contribution in [-0.4, -0.2) is 15.4 Å². The van der Waals surface area contributed by atoms with Gasteiger partial charge in [-0.3, -0.25) is 4.98 Å². The van der Waals surface area contributed by atoms with Gasteiger partial charge in [0.15, 0.2) is 0 Å². The number of halogens is 1. The van der Waals surface area contributed by atoms with Crippen molar-refractivity contribution in [1.82, 2.24) is 4.98 Å². The number of nitrogens with zero attached hydrogens (tertiary/aromatic N) is 1. The zero-order valence-corrected chi connectivity index (χ0v) is 13.5. The van der Waals surface area contributed by atoms with E-state index in [1.54, 1.807) is 6.20 Å². The van der Waals surface area contributed by atoms with E-state index in [-0.39, 0.29) is 0 Å². The van der Waals surface area contributed by atoms with Gasteiger partial charge in [0.05, 0.1) is 6.10 Å². The standard InChI is InChI=1S/C18H16BrNO2/c19-11-16(21)14-8-9-17(18-15(14)7-4-10-20-18)22-12-13-5-2-1-3-6-13/h1-10,16,21H,11-12H2/t16-/m0/s1. The van der Waals surface area contributed by atoms with Crippen molar-refractivity contribution in [3.05, 3.63) is 71.9 Å². The molecule has 1 atom stereocenters. The molecule has 0 bridgehead atoms. The summed E-state index contributed by atoms with van der Waals surface area (Å²) in [6.45, 7) is 0.493. The van der Waals surface area contributed by atoms with Crippen LogP contribution in [0.4, 0.5) is 0 Å². The van der Waals surface area contributed by atoms with E-state index in [4.69, 9.17) is 4.74 Å². The number of aliphatic hydroxyl groups excluding tert-OH is 1. The van der Waals surface area contributed by atoms with E-state index < -0.39 is 6.10 Å². The van der Waals surface area contributed by atoms with E-state index in [1.165, 1.54) is 0 Å². The Bertz CT molecular complexity index is 761. The molecule has 0 aliphatic rings. The Morgan fingerprint density at radius 1 is 1.05 bits per heavy atom. The van der Waals surface area contributed by atoms with Crippen molar-refractivity contribution in [2.24, 2.45) is 0 Å². The zero-order valence-electron chi connectivity index (χ0n) is 11.9. The van der Waals surface area contributed by atoms with Gasteiger partial charge in [-0.1, -0.05) is 58.4 Å². The molecule has 2 aromatic carbocycles. The Morgan fingerprint density at radius 3 is 2.64 bits per heavy atom. The minimum Gasteiger partial charge on any atom is -0.487 e. The molecule has 0 saturated heterocycles. The molecule has 22 heavy (non-hydrogen) atoms. The highest BCUT2D eigenvalue weighted by Crippen LogP contribution is 2.31. The monoisotopic (exact) mass is 357 g/mol. The van der Waals surface area contributed by atoms with Gasteiger partial charge in [-0.2, -0.15) is 0 Å². The Balaban J connectivity index is 1.94. The first-order valence-electron chi connectivity index (χ1n) is 7.08. The van der Waals surface area contributed by atoms with Crippen LogP contribution in [-0.2, 0) is 6.61 Å². The van der Waals surface area contributed by atoms with Crippen LogP contribution in [0.3, 0.4) is 0 Å². The summed E-state index contributed by atoms with van der Waals surface area (Å²) in [5, 5.41) is 11.5. The summed E-state index contributed by atoms with van der Waals surface area (Å²) in [4.78, 5) is 4.42. The van der Waals surface area contributed by atoms with E-state index >= 15 is 0 Å². The van der Waals surface area contributed by atoms with Gasteiger partial charge in [-0.15, -0.1) is 0 Å². The van der Waals surface area contributed by atoms with E-state index in [0.717, 1.165) is 27.8 Å². The molecular weight excluding hydrogens is 342 g/mol. The highest BCUT2D eigenvalue weighted by Gasteiger charge is 2.13. The second-order valence-corrected chi connectivity index (χ2v) is 5.64. The van der Waals surface area contributed by atoms with Crippen molar-refractivity contribution >= 4 is 26.8 Å². The molecule has 1 N–H and O–H groups in total.